The molecule has 28 heavy (non-hydrogen) atoms. The molecule has 2 nitrogen and oxygen atoms in total. The molecule has 0 aromatic heterocycles. The first-order valence-electron chi connectivity index (χ1n) is 9.25. The van der Waals surface area contributed by atoms with Gasteiger partial charge in [0.15, 0.2) is 7.14 Å². The summed E-state index contributed by atoms with van der Waals surface area (Å²) in [5.74, 6) is 0. The van der Waals surface area contributed by atoms with Crippen molar-refractivity contribution in [2.75, 3.05) is 6.26 Å². The van der Waals surface area contributed by atoms with Crippen LogP contribution < -0.4 is 5.30 Å². The van der Waals surface area contributed by atoms with Gasteiger partial charge in [-0.05, 0) is 68.0 Å². The largest absolute Gasteiger partial charge is 0.310 e. The molecule has 144 valence electrons. The Morgan fingerprint density at radius 1 is 0.893 bits per heavy atom. The van der Waals surface area contributed by atoms with Gasteiger partial charge in [0.1, 0.15) is 0 Å². The zero-order valence-corrected chi connectivity index (χ0v) is 18.4. The van der Waals surface area contributed by atoms with E-state index in [2.05, 4.69) is 0 Å². The summed E-state index contributed by atoms with van der Waals surface area (Å²) in [6.07, 6.45) is 2.24. The molecular formula is C24H25O2PS. The molecule has 0 radical (unpaired) electrons. The van der Waals surface area contributed by atoms with Crippen molar-refractivity contribution in [3.63, 3.8) is 0 Å². The van der Waals surface area contributed by atoms with Crippen LogP contribution in [0.5, 0.6) is 0 Å². The summed E-state index contributed by atoms with van der Waals surface area (Å²) in [5, 5.41) is 0.624. The average molecular weight is 409 g/mol. The van der Waals surface area contributed by atoms with Crippen LogP contribution in [0.1, 0.15) is 32.6 Å². The van der Waals surface area contributed by atoms with E-state index in [1.807, 2.05) is 93.8 Å². The highest BCUT2D eigenvalue weighted by molar-refractivity contribution is 7.98. The van der Waals surface area contributed by atoms with Crippen molar-refractivity contribution in [3.8, 4) is 0 Å². The summed E-state index contributed by atoms with van der Waals surface area (Å²) in [4.78, 5) is 14.8. The second-order valence-corrected chi connectivity index (χ2v) is 10.8. The fourth-order valence-corrected chi connectivity index (χ4v) is 6.68. The number of hydrogen-bond donors (Lipinski definition) is 0. The van der Waals surface area contributed by atoms with E-state index < -0.39 is 7.14 Å². The molecule has 0 fully saturated rings. The quantitative estimate of drug-likeness (QED) is 0.351. The first-order valence-corrected chi connectivity index (χ1v) is 12.4. The van der Waals surface area contributed by atoms with Crippen molar-refractivity contribution in [2.45, 2.75) is 31.8 Å². The number of aryl methyl sites for hydroxylation is 3. The summed E-state index contributed by atoms with van der Waals surface area (Å²) in [6.45, 7) is 5.87. The number of carbonyl (C=O) groups is 1. The van der Waals surface area contributed by atoms with Crippen LogP contribution in [0, 0.1) is 20.8 Å². The summed E-state index contributed by atoms with van der Waals surface area (Å²) in [5.41, 5.74) is 4.14. The Morgan fingerprint density at radius 3 is 2.00 bits per heavy atom. The standard InChI is InChI=1S/C24H25O2PS/c1-17-14-18(2)23(19(3)15-17)24(25)27(26,16-20-8-6-5-7-9-20)21-10-12-22(28-4)13-11-21/h5-15H,16H2,1-4H3. The van der Waals surface area contributed by atoms with E-state index in [9.17, 15) is 9.36 Å². The van der Waals surface area contributed by atoms with Gasteiger partial charge in [-0.15, -0.1) is 11.8 Å². The fourth-order valence-electron chi connectivity index (χ4n) is 3.64. The van der Waals surface area contributed by atoms with Crippen LogP contribution in [0.15, 0.2) is 71.6 Å². The first kappa shape index (κ1) is 20.6. The molecule has 0 saturated heterocycles. The smallest absolute Gasteiger partial charge is 0.226 e. The van der Waals surface area contributed by atoms with E-state index in [0.717, 1.165) is 27.1 Å². The van der Waals surface area contributed by atoms with Crippen LogP contribution in [0.4, 0.5) is 0 Å². The van der Waals surface area contributed by atoms with E-state index >= 15 is 0 Å². The van der Waals surface area contributed by atoms with Crippen LogP contribution in [0.3, 0.4) is 0 Å². The van der Waals surface area contributed by atoms with Gasteiger partial charge in [-0.2, -0.15) is 0 Å². The van der Waals surface area contributed by atoms with E-state index in [4.69, 9.17) is 0 Å². The monoisotopic (exact) mass is 408 g/mol. The Morgan fingerprint density at radius 2 is 1.46 bits per heavy atom. The summed E-state index contributed by atoms with van der Waals surface area (Å²) in [6, 6.07) is 21.2. The zero-order chi connectivity index (χ0) is 20.3. The van der Waals surface area contributed by atoms with Crippen molar-refractivity contribution in [1.82, 2.24) is 0 Å². The van der Waals surface area contributed by atoms with Crippen molar-refractivity contribution in [1.29, 1.82) is 0 Å². The minimum Gasteiger partial charge on any atom is -0.310 e. The SMILES string of the molecule is CSc1ccc(P(=O)(Cc2ccccc2)C(=O)c2c(C)cc(C)cc2C)cc1. The molecule has 0 amide bonds. The number of rotatable bonds is 6. The van der Waals surface area contributed by atoms with Crippen LogP contribution >= 0.6 is 18.9 Å². The van der Waals surface area contributed by atoms with Crippen molar-refractivity contribution in [3.05, 3.63) is 94.5 Å². The third kappa shape index (κ3) is 4.16. The Labute approximate surface area is 171 Å². The normalized spacial score (nSPS) is 13.1. The molecule has 3 aromatic carbocycles. The van der Waals surface area contributed by atoms with Crippen LogP contribution in [0.2, 0.25) is 0 Å². The van der Waals surface area contributed by atoms with Crippen molar-refractivity contribution >= 4 is 29.7 Å². The molecule has 0 saturated carbocycles. The lowest BCUT2D eigenvalue weighted by atomic mass is 10.0. The zero-order valence-electron chi connectivity index (χ0n) is 16.7. The van der Waals surface area contributed by atoms with Gasteiger partial charge in [-0.1, -0.05) is 48.0 Å². The Bertz CT molecular complexity index is 1020. The number of carbonyl (C=O) groups excluding carboxylic acids is 1. The molecule has 0 aliphatic rings. The average Bonchev–Trinajstić information content (AvgIpc) is 2.68. The highest BCUT2D eigenvalue weighted by Crippen LogP contribution is 2.52. The molecule has 0 aliphatic carbocycles. The predicted octanol–water partition coefficient (Wildman–Crippen LogP) is 6.36. The van der Waals surface area contributed by atoms with Gasteiger partial charge < -0.3 is 4.57 Å². The van der Waals surface area contributed by atoms with Gasteiger partial charge in [0, 0.05) is 21.9 Å². The Balaban J connectivity index is 2.15. The van der Waals surface area contributed by atoms with Gasteiger partial charge in [0.05, 0.1) is 0 Å². The van der Waals surface area contributed by atoms with Gasteiger partial charge in [0.2, 0.25) is 5.52 Å². The summed E-state index contributed by atoms with van der Waals surface area (Å²) in [7, 11) is -3.35. The molecule has 0 spiro atoms. The van der Waals surface area contributed by atoms with E-state index in [0.29, 0.717) is 10.9 Å². The third-order valence-corrected chi connectivity index (χ3v) is 8.52. The van der Waals surface area contributed by atoms with Crippen molar-refractivity contribution < 1.29 is 9.36 Å². The van der Waals surface area contributed by atoms with Gasteiger partial charge in [0.25, 0.3) is 0 Å². The van der Waals surface area contributed by atoms with E-state index in [-0.39, 0.29) is 11.7 Å². The summed E-state index contributed by atoms with van der Waals surface area (Å²) < 4.78 is 14.3. The lowest BCUT2D eigenvalue weighted by Crippen LogP contribution is -2.17. The Kier molecular flexibility index (Phi) is 6.27. The lowest BCUT2D eigenvalue weighted by molar-refractivity contribution is 0.107. The highest BCUT2D eigenvalue weighted by Gasteiger charge is 2.36. The fraction of sp³-hybridized carbons (Fsp3) is 0.208. The van der Waals surface area contributed by atoms with Crippen molar-refractivity contribution in [2.24, 2.45) is 0 Å². The minimum atomic E-state index is -3.35. The molecule has 1 atom stereocenters. The number of thioether (sulfide) groups is 1. The van der Waals surface area contributed by atoms with Gasteiger partial charge in [-0.25, -0.2) is 0 Å². The Hall–Kier alpha value is -2.09. The predicted molar refractivity (Wildman–Crippen MR) is 121 cm³/mol. The van der Waals surface area contributed by atoms with Gasteiger partial charge >= 0.3 is 0 Å². The molecule has 4 heteroatoms. The van der Waals surface area contributed by atoms with Gasteiger partial charge in [-0.3, -0.25) is 4.79 Å². The molecular weight excluding hydrogens is 383 g/mol. The van der Waals surface area contributed by atoms with Crippen LogP contribution in [-0.4, -0.2) is 11.8 Å². The third-order valence-electron chi connectivity index (χ3n) is 4.96. The molecule has 0 aliphatic heterocycles. The topological polar surface area (TPSA) is 34.1 Å². The summed E-state index contributed by atoms with van der Waals surface area (Å²) >= 11 is 1.63. The molecule has 3 rings (SSSR count). The molecule has 0 bridgehead atoms. The second kappa shape index (κ2) is 8.51. The minimum absolute atomic E-state index is 0.234. The molecule has 0 N–H and O–H groups in total. The van der Waals surface area contributed by atoms with E-state index in [1.165, 1.54) is 0 Å². The second-order valence-electron chi connectivity index (χ2n) is 7.16. The van der Waals surface area contributed by atoms with Crippen LogP contribution in [-0.2, 0) is 10.7 Å². The maximum atomic E-state index is 14.3. The maximum absolute atomic E-state index is 14.3. The molecule has 1 unspecified atom stereocenters. The number of benzene rings is 3. The lowest BCUT2D eigenvalue weighted by Gasteiger charge is -2.21. The highest BCUT2D eigenvalue weighted by atomic mass is 32.2. The van der Waals surface area contributed by atoms with E-state index in [1.54, 1.807) is 11.8 Å². The maximum Gasteiger partial charge on any atom is 0.226 e. The number of hydrogen-bond acceptors (Lipinski definition) is 3. The first-order chi connectivity index (χ1) is 13.3. The molecule has 3 aromatic rings. The molecule has 0 heterocycles. The van der Waals surface area contributed by atoms with Crippen LogP contribution in [0.25, 0.3) is 0 Å².